The molecule has 4 aromatic carbocycles. The molecule has 0 bridgehead atoms. The van der Waals surface area contributed by atoms with Crippen LogP contribution in [0.1, 0.15) is 52.5 Å². The van der Waals surface area contributed by atoms with Gasteiger partial charge in [0.2, 0.25) is 5.91 Å². The van der Waals surface area contributed by atoms with Crippen LogP contribution in [0.3, 0.4) is 0 Å². The fourth-order valence-electron chi connectivity index (χ4n) is 5.88. The number of sulfonamides is 1. The number of ether oxygens (including phenoxy) is 1. The third-order valence-corrected chi connectivity index (χ3v) is 9.80. The zero-order valence-electron chi connectivity index (χ0n) is 29.4. The lowest BCUT2D eigenvalue weighted by atomic mass is 9.98. The summed E-state index contributed by atoms with van der Waals surface area (Å²) in [5, 5.41) is 10.0. The van der Waals surface area contributed by atoms with Gasteiger partial charge in [-0.15, -0.1) is 0 Å². The minimum Gasteiger partial charge on any atom is -0.375 e. The van der Waals surface area contributed by atoms with Gasteiger partial charge >= 0.3 is 6.18 Å². The number of hydrogen-bond acceptors (Lipinski definition) is 7. The van der Waals surface area contributed by atoms with Crippen molar-refractivity contribution in [3.8, 4) is 16.8 Å². The molecule has 284 valence electrons. The Morgan fingerprint density at radius 1 is 0.926 bits per heavy atom. The molecule has 0 aliphatic carbocycles. The third-order valence-electron chi connectivity index (χ3n) is 8.41. The molecule has 0 unspecified atom stereocenters. The molecule has 0 saturated heterocycles. The van der Waals surface area contributed by atoms with E-state index < -0.39 is 50.8 Å². The van der Waals surface area contributed by atoms with Crippen molar-refractivity contribution in [2.75, 3.05) is 31.4 Å². The lowest BCUT2D eigenvalue weighted by Crippen LogP contribution is -2.31. The highest BCUT2D eigenvalue weighted by atomic mass is 32.2. The van der Waals surface area contributed by atoms with Gasteiger partial charge in [-0.2, -0.15) is 18.3 Å². The molecule has 0 aliphatic rings. The molecule has 16 heteroatoms. The number of aromatic nitrogens is 2. The van der Waals surface area contributed by atoms with Crippen molar-refractivity contribution < 1.29 is 44.7 Å². The van der Waals surface area contributed by atoms with Crippen molar-refractivity contribution in [1.29, 1.82) is 0 Å². The Morgan fingerprint density at radius 2 is 1.65 bits per heavy atom. The number of nitrogens with zero attached hydrogens (tertiary/aromatic N) is 2. The largest absolute Gasteiger partial charge is 0.418 e. The normalized spacial score (nSPS) is 11.7. The van der Waals surface area contributed by atoms with E-state index >= 15 is 4.39 Å². The van der Waals surface area contributed by atoms with Crippen molar-refractivity contribution in [2.24, 2.45) is 0 Å². The van der Waals surface area contributed by atoms with E-state index in [0.29, 0.717) is 24.1 Å². The number of unbranched alkanes of at least 4 members (excludes halogenated alkanes) is 1. The van der Waals surface area contributed by atoms with Crippen LogP contribution in [-0.4, -0.2) is 50.8 Å². The van der Waals surface area contributed by atoms with Crippen molar-refractivity contribution >= 4 is 33.3 Å². The summed E-state index contributed by atoms with van der Waals surface area (Å²) in [6.45, 7) is 1.62. The quantitative estimate of drug-likeness (QED) is 0.0997. The van der Waals surface area contributed by atoms with E-state index in [1.54, 1.807) is 0 Å². The zero-order chi connectivity index (χ0) is 39.2. The number of amides is 2. The van der Waals surface area contributed by atoms with Crippen LogP contribution in [0.2, 0.25) is 0 Å². The van der Waals surface area contributed by atoms with E-state index in [1.165, 1.54) is 62.7 Å². The van der Waals surface area contributed by atoms with Gasteiger partial charge in [0.25, 0.3) is 15.9 Å². The smallest absolute Gasteiger partial charge is 0.375 e. The molecular weight excluding hydrogens is 734 g/mol. The molecule has 10 nitrogen and oxygen atoms in total. The van der Waals surface area contributed by atoms with Crippen LogP contribution in [0.5, 0.6) is 0 Å². The highest BCUT2D eigenvalue weighted by molar-refractivity contribution is 7.90. The number of nitrogens with one attached hydrogen (secondary N) is 3. The fourth-order valence-corrected chi connectivity index (χ4v) is 7.07. The van der Waals surface area contributed by atoms with Crippen LogP contribution in [0.4, 0.5) is 33.5 Å². The van der Waals surface area contributed by atoms with Crippen LogP contribution >= 0.6 is 0 Å². The first-order valence-corrected chi connectivity index (χ1v) is 18.1. The van der Waals surface area contributed by atoms with E-state index in [2.05, 4.69) is 15.7 Å². The van der Waals surface area contributed by atoms with E-state index in [0.717, 1.165) is 47.5 Å². The maximum atomic E-state index is 16.0. The molecule has 1 aromatic heterocycles. The Balaban J connectivity index is 1.53. The zero-order valence-corrected chi connectivity index (χ0v) is 30.2. The predicted octanol–water partition coefficient (Wildman–Crippen LogP) is 7.52. The van der Waals surface area contributed by atoms with Crippen molar-refractivity contribution in [3.05, 3.63) is 125 Å². The first kappa shape index (κ1) is 39.6. The SMILES string of the molecule is CCCCc1nn(-c2cc(NC(=O)COC)ccc2C(F)(F)F)c(NC)c1Cc1ccc(-c2ccccc2S(=O)(=O)NC(=O)c2ccccc2F)cc1F. The second-order valence-corrected chi connectivity index (χ2v) is 13.8. The van der Waals surface area contributed by atoms with E-state index in [1.807, 2.05) is 11.6 Å². The maximum absolute atomic E-state index is 16.0. The minimum absolute atomic E-state index is 0.0568. The summed E-state index contributed by atoms with van der Waals surface area (Å²) in [6.07, 6.45) is -3.17. The van der Waals surface area contributed by atoms with Crippen molar-refractivity contribution in [2.45, 2.75) is 43.7 Å². The summed E-state index contributed by atoms with van der Waals surface area (Å²) in [4.78, 5) is 24.5. The third kappa shape index (κ3) is 8.77. The molecule has 5 rings (SSSR count). The Labute approximate surface area is 308 Å². The van der Waals surface area contributed by atoms with Crippen molar-refractivity contribution in [3.63, 3.8) is 0 Å². The average molecular weight is 770 g/mol. The number of anilines is 2. The van der Waals surface area contributed by atoms with Gasteiger partial charge < -0.3 is 15.4 Å². The van der Waals surface area contributed by atoms with Gasteiger partial charge in [0.05, 0.1) is 27.4 Å². The number of carbonyl (C=O) groups excluding carboxylic acids is 2. The van der Waals surface area contributed by atoms with Crippen LogP contribution < -0.4 is 15.4 Å². The monoisotopic (exact) mass is 769 g/mol. The number of aryl methyl sites for hydroxylation is 1. The maximum Gasteiger partial charge on any atom is 0.418 e. The molecule has 2 amide bonds. The van der Waals surface area contributed by atoms with E-state index in [-0.39, 0.29) is 51.8 Å². The highest BCUT2D eigenvalue weighted by Gasteiger charge is 2.36. The topological polar surface area (TPSA) is 131 Å². The Bertz CT molecular complexity index is 2290. The summed E-state index contributed by atoms with van der Waals surface area (Å²) < 4.78 is 108. The first-order valence-electron chi connectivity index (χ1n) is 16.7. The Hall–Kier alpha value is -5.61. The van der Waals surface area contributed by atoms with Gasteiger partial charge in [-0.25, -0.2) is 26.6 Å². The molecule has 0 radical (unpaired) electrons. The minimum atomic E-state index is -4.79. The number of alkyl halides is 3. The van der Waals surface area contributed by atoms with Gasteiger partial charge in [0.15, 0.2) is 0 Å². The second-order valence-electron chi connectivity index (χ2n) is 12.1. The van der Waals surface area contributed by atoms with Crippen LogP contribution in [0.15, 0.2) is 89.8 Å². The summed E-state index contributed by atoms with van der Waals surface area (Å²) in [6, 6.07) is 17.6. The summed E-state index contributed by atoms with van der Waals surface area (Å²) >= 11 is 0. The molecule has 0 fully saturated rings. The molecule has 54 heavy (non-hydrogen) atoms. The average Bonchev–Trinajstić information content (AvgIpc) is 3.47. The van der Waals surface area contributed by atoms with Gasteiger partial charge in [-0.3, -0.25) is 9.59 Å². The summed E-state index contributed by atoms with van der Waals surface area (Å²) in [5.74, 6) is -3.26. The van der Waals surface area contributed by atoms with Gasteiger partial charge in [0, 0.05) is 37.4 Å². The number of rotatable bonds is 14. The van der Waals surface area contributed by atoms with Crippen LogP contribution in [0, 0.1) is 11.6 Å². The molecule has 3 N–H and O–H groups in total. The number of carbonyl (C=O) groups is 2. The van der Waals surface area contributed by atoms with Gasteiger partial charge in [0.1, 0.15) is 24.1 Å². The summed E-state index contributed by atoms with van der Waals surface area (Å²) in [7, 11) is -1.76. The molecular formula is C38H36F5N5O5S. The van der Waals surface area contributed by atoms with Crippen LogP contribution in [0.25, 0.3) is 16.8 Å². The van der Waals surface area contributed by atoms with Crippen LogP contribution in [-0.2, 0) is 38.6 Å². The lowest BCUT2D eigenvalue weighted by Gasteiger charge is -2.17. The van der Waals surface area contributed by atoms with E-state index in [9.17, 15) is 35.6 Å². The molecule has 0 spiro atoms. The Morgan fingerprint density at radius 3 is 2.31 bits per heavy atom. The number of benzene rings is 4. The summed E-state index contributed by atoms with van der Waals surface area (Å²) in [5.41, 5.74) is -0.604. The highest BCUT2D eigenvalue weighted by Crippen LogP contribution is 2.38. The molecule has 0 atom stereocenters. The second kappa shape index (κ2) is 16.6. The van der Waals surface area contributed by atoms with Gasteiger partial charge in [-0.1, -0.05) is 55.8 Å². The number of hydrogen-bond donors (Lipinski definition) is 3. The Kier molecular flexibility index (Phi) is 12.2. The molecule has 5 aromatic rings. The van der Waals surface area contributed by atoms with E-state index in [4.69, 9.17) is 4.74 Å². The predicted molar refractivity (Wildman–Crippen MR) is 193 cm³/mol. The number of methoxy groups -OCH3 is 1. The van der Waals surface area contributed by atoms with Crippen molar-refractivity contribution in [1.82, 2.24) is 14.5 Å². The first-order chi connectivity index (χ1) is 25.7. The molecule has 0 saturated carbocycles. The molecule has 0 aliphatic heterocycles. The van der Waals surface area contributed by atoms with Gasteiger partial charge in [-0.05, 0) is 66.4 Å². The number of halogens is 5. The standard InChI is InChI=1S/C38H36F5N5O5S/c1-4-5-13-32-28(36(44-2)48(46-32)33-21-25(45-35(49)22-53-3)17-18-29(33)38(41,42)43)19-24-16-15-23(20-31(24)40)26-10-7-9-14-34(26)54(51,52)47-37(50)27-11-6-8-12-30(27)39/h6-12,14-18,20-21,44H,4-5,13,19,22H2,1-3H3,(H,45,49)(H,47,50). The lowest BCUT2D eigenvalue weighted by molar-refractivity contribution is -0.137. The fraction of sp³-hybridized carbons (Fsp3) is 0.237. The molecule has 1 heterocycles.